The van der Waals surface area contributed by atoms with Gasteiger partial charge in [0.15, 0.2) is 0 Å². The lowest BCUT2D eigenvalue weighted by Gasteiger charge is -2.21. The number of nitrogens with one attached hydrogen (secondary N) is 1. The lowest BCUT2D eigenvalue weighted by atomic mass is 10.0. The minimum Gasteiger partial charge on any atom is -0.388 e. The van der Waals surface area contributed by atoms with Gasteiger partial charge in [0.25, 0.3) is 0 Å². The maximum absolute atomic E-state index is 9.91. The molecule has 1 atom stereocenters. The van der Waals surface area contributed by atoms with Crippen molar-refractivity contribution in [3.63, 3.8) is 0 Å². The van der Waals surface area contributed by atoms with Crippen LogP contribution in [0.15, 0.2) is 15.9 Å². The Morgan fingerprint density at radius 3 is 2.85 bits per heavy atom. The lowest BCUT2D eigenvalue weighted by Crippen LogP contribution is -2.37. The highest BCUT2D eigenvalue weighted by atomic mass is 79.9. The number of aliphatic hydroxyl groups is 1. The van der Waals surface area contributed by atoms with Crippen LogP contribution in [-0.4, -0.2) is 24.3 Å². The highest BCUT2D eigenvalue weighted by Crippen LogP contribution is 2.23. The second-order valence-corrected chi connectivity index (χ2v) is 5.35. The normalized spacial score (nSPS) is 15.7. The average Bonchev–Trinajstić information content (AvgIpc) is 2.34. The van der Waals surface area contributed by atoms with Crippen LogP contribution in [0.2, 0.25) is 0 Å². The number of hydrogen-bond acceptors (Lipinski definition) is 3. The van der Waals surface area contributed by atoms with E-state index in [1.54, 1.807) is 11.3 Å². The van der Waals surface area contributed by atoms with Gasteiger partial charge in [-0.15, -0.1) is 11.3 Å². The molecule has 0 aliphatic rings. The van der Waals surface area contributed by atoms with Gasteiger partial charge >= 0.3 is 0 Å². The van der Waals surface area contributed by atoms with Gasteiger partial charge in [-0.25, -0.2) is 0 Å². The zero-order chi connectivity index (χ0) is 9.90. The smallest absolute Gasteiger partial charge is 0.0791 e. The van der Waals surface area contributed by atoms with E-state index in [9.17, 15) is 5.11 Å². The zero-order valence-electron chi connectivity index (χ0n) is 7.80. The van der Waals surface area contributed by atoms with E-state index >= 15 is 0 Å². The Hall–Kier alpha value is 0.1000. The molecule has 2 nitrogen and oxygen atoms in total. The summed E-state index contributed by atoms with van der Waals surface area (Å²) in [5, 5.41) is 14.9. The molecule has 74 valence electrons. The largest absolute Gasteiger partial charge is 0.388 e. The number of halogens is 1. The van der Waals surface area contributed by atoms with E-state index in [1.807, 2.05) is 19.4 Å². The first-order chi connectivity index (χ1) is 6.03. The Bertz CT molecular complexity index is 272. The van der Waals surface area contributed by atoms with E-state index < -0.39 is 5.60 Å². The van der Waals surface area contributed by atoms with Crippen LogP contribution >= 0.6 is 27.3 Å². The second kappa shape index (κ2) is 4.55. The van der Waals surface area contributed by atoms with E-state index in [2.05, 4.69) is 27.3 Å². The van der Waals surface area contributed by atoms with Crippen LogP contribution in [0.3, 0.4) is 0 Å². The first-order valence-electron chi connectivity index (χ1n) is 4.13. The number of rotatable bonds is 4. The molecule has 0 spiro atoms. The summed E-state index contributed by atoms with van der Waals surface area (Å²) < 4.78 is 1.09. The molecule has 13 heavy (non-hydrogen) atoms. The number of hydrogen-bond donors (Lipinski definition) is 2. The van der Waals surface area contributed by atoms with Crippen molar-refractivity contribution < 1.29 is 5.11 Å². The van der Waals surface area contributed by atoms with Crippen molar-refractivity contribution in [2.24, 2.45) is 0 Å². The van der Waals surface area contributed by atoms with E-state index in [-0.39, 0.29) is 0 Å². The summed E-state index contributed by atoms with van der Waals surface area (Å²) in [6.45, 7) is 2.46. The van der Waals surface area contributed by atoms with Crippen molar-refractivity contribution in [1.82, 2.24) is 5.32 Å². The molecule has 0 aliphatic heterocycles. The van der Waals surface area contributed by atoms with Gasteiger partial charge in [-0.2, -0.15) is 0 Å². The topological polar surface area (TPSA) is 32.3 Å². The zero-order valence-corrected chi connectivity index (χ0v) is 10.2. The summed E-state index contributed by atoms with van der Waals surface area (Å²) in [5.74, 6) is 0. The first kappa shape index (κ1) is 11.2. The second-order valence-electron chi connectivity index (χ2n) is 3.44. The molecule has 1 aromatic rings. The molecule has 1 heterocycles. The third-order valence-corrected chi connectivity index (χ3v) is 3.43. The molecular formula is C9H14BrNOS. The fraction of sp³-hybridized carbons (Fsp3) is 0.556. The highest BCUT2D eigenvalue weighted by Gasteiger charge is 2.20. The Kier molecular flexibility index (Phi) is 3.91. The van der Waals surface area contributed by atoms with Gasteiger partial charge in [-0.1, -0.05) is 0 Å². The molecule has 1 unspecified atom stereocenters. The fourth-order valence-electron chi connectivity index (χ4n) is 1.27. The molecule has 0 saturated heterocycles. The molecule has 2 N–H and O–H groups in total. The van der Waals surface area contributed by atoms with Crippen molar-refractivity contribution in [2.45, 2.75) is 18.9 Å². The molecule has 0 saturated carbocycles. The summed E-state index contributed by atoms with van der Waals surface area (Å²) >= 11 is 5.06. The summed E-state index contributed by atoms with van der Waals surface area (Å²) in [6, 6.07) is 2.05. The quantitative estimate of drug-likeness (QED) is 0.872. The molecule has 4 heteroatoms. The molecule has 0 aliphatic carbocycles. The third-order valence-electron chi connectivity index (χ3n) is 1.73. The van der Waals surface area contributed by atoms with Gasteiger partial charge in [0.05, 0.1) is 5.60 Å². The van der Waals surface area contributed by atoms with Crippen molar-refractivity contribution in [3.8, 4) is 0 Å². The monoisotopic (exact) mass is 263 g/mol. The van der Waals surface area contributed by atoms with Gasteiger partial charge in [0.2, 0.25) is 0 Å². The summed E-state index contributed by atoms with van der Waals surface area (Å²) in [5.41, 5.74) is -0.654. The molecule has 0 radical (unpaired) electrons. The maximum Gasteiger partial charge on any atom is 0.0791 e. The van der Waals surface area contributed by atoms with Gasteiger partial charge in [-0.05, 0) is 36.0 Å². The average molecular weight is 264 g/mol. The van der Waals surface area contributed by atoms with Crippen molar-refractivity contribution in [2.75, 3.05) is 13.6 Å². The van der Waals surface area contributed by atoms with Crippen LogP contribution < -0.4 is 5.32 Å². The van der Waals surface area contributed by atoms with Crippen LogP contribution in [0.25, 0.3) is 0 Å². The molecule has 0 amide bonds. The molecular weight excluding hydrogens is 250 g/mol. The Morgan fingerprint density at radius 2 is 2.38 bits per heavy atom. The molecule has 0 bridgehead atoms. The van der Waals surface area contributed by atoms with E-state index in [0.717, 1.165) is 4.47 Å². The minimum atomic E-state index is -0.654. The number of thiophene rings is 1. The summed E-state index contributed by atoms with van der Waals surface area (Å²) in [7, 11) is 1.85. The highest BCUT2D eigenvalue weighted by molar-refractivity contribution is 9.10. The SMILES string of the molecule is CNCC(C)(O)Cc1cc(Br)cs1. The van der Waals surface area contributed by atoms with E-state index in [1.165, 1.54) is 4.88 Å². The van der Waals surface area contributed by atoms with Gasteiger partial charge in [-0.3, -0.25) is 0 Å². The Labute approximate surface area is 91.1 Å². The van der Waals surface area contributed by atoms with Gasteiger partial charge in [0.1, 0.15) is 0 Å². The molecule has 1 aromatic heterocycles. The van der Waals surface area contributed by atoms with Crippen LogP contribution in [0.5, 0.6) is 0 Å². The van der Waals surface area contributed by atoms with Crippen molar-refractivity contribution in [1.29, 1.82) is 0 Å². The third kappa shape index (κ3) is 3.77. The van der Waals surface area contributed by atoms with Gasteiger partial charge < -0.3 is 10.4 Å². The predicted molar refractivity (Wildman–Crippen MR) is 60.3 cm³/mol. The van der Waals surface area contributed by atoms with Crippen molar-refractivity contribution in [3.05, 3.63) is 20.8 Å². The summed E-state index contributed by atoms with van der Waals surface area (Å²) in [4.78, 5) is 1.20. The Balaban J connectivity index is 2.57. The van der Waals surface area contributed by atoms with E-state index in [4.69, 9.17) is 0 Å². The molecule has 0 aromatic carbocycles. The van der Waals surface area contributed by atoms with Crippen molar-refractivity contribution >= 4 is 27.3 Å². The predicted octanol–water partition coefficient (Wildman–Crippen LogP) is 2.02. The first-order valence-corrected chi connectivity index (χ1v) is 5.81. The van der Waals surface area contributed by atoms with Crippen LogP contribution in [0, 0.1) is 0 Å². The van der Waals surface area contributed by atoms with Gasteiger partial charge in [0, 0.05) is 27.7 Å². The van der Waals surface area contributed by atoms with Crippen LogP contribution in [0.1, 0.15) is 11.8 Å². The minimum absolute atomic E-state index is 0.614. The standard InChI is InChI=1S/C9H14BrNOS/c1-9(12,6-11-2)4-8-3-7(10)5-13-8/h3,5,11-12H,4,6H2,1-2H3. The molecule has 0 fully saturated rings. The Morgan fingerprint density at radius 1 is 1.69 bits per heavy atom. The lowest BCUT2D eigenvalue weighted by molar-refractivity contribution is 0.0631. The number of likely N-dealkylation sites (N-methyl/N-ethyl adjacent to an activating group) is 1. The fourth-order valence-corrected chi connectivity index (χ4v) is 2.89. The van der Waals surface area contributed by atoms with Crippen LogP contribution in [-0.2, 0) is 6.42 Å². The van der Waals surface area contributed by atoms with E-state index in [0.29, 0.717) is 13.0 Å². The molecule has 1 rings (SSSR count). The maximum atomic E-state index is 9.91. The van der Waals surface area contributed by atoms with Crippen LogP contribution in [0.4, 0.5) is 0 Å². The summed E-state index contributed by atoms with van der Waals surface area (Å²) in [6.07, 6.45) is 0.699.